The highest BCUT2D eigenvalue weighted by Gasteiger charge is 2.10. The van der Waals surface area contributed by atoms with E-state index < -0.39 is 11.6 Å². The quantitative estimate of drug-likeness (QED) is 0.704. The highest BCUT2D eigenvalue weighted by Crippen LogP contribution is 2.18. The molecular weight excluding hydrogens is 240 g/mol. The Morgan fingerprint density at radius 1 is 1.17 bits per heavy atom. The molecule has 1 heterocycles. The Bertz CT molecular complexity index is 375. The van der Waals surface area contributed by atoms with Crippen LogP contribution in [0.15, 0.2) is 6.07 Å². The second kappa shape index (κ2) is 7.81. The lowest BCUT2D eigenvalue weighted by Crippen LogP contribution is -2.11. The fraction of sp³-hybridized carbons (Fsp3) is 0.583. The second-order valence-corrected chi connectivity index (χ2v) is 3.66. The molecule has 0 atom stereocenters. The standard InChI is InChI=1S/C12H19F2N3O/c1-3-15-11-9(13)8-10(14)12(17-11)16-6-5-7-18-4-2/h8H,3-7H2,1-2H3,(H2,15,16,17). The van der Waals surface area contributed by atoms with Crippen LogP contribution in [0.3, 0.4) is 0 Å². The Labute approximate surface area is 106 Å². The normalized spacial score (nSPS) is 10.4. The Kier molecular flexibility index (Phi) is 6.35. The number of halogens is 2. The molecule has 0 amide bonds. The van der Waals surface area contributed by atoms with Crippen molar-refractivity contribution in [2.45, 2.75) is 20.3 Å². The number of rotatable bonds is 8. The van der Waals surface area contributed by atoms with Gasteiger partial charge >= 0.3 is 0 Å². The maximum atomic E-state index is 13.4. The molecule has 0 aliphatic carbocycles. The zero-order chi connectivity index (χ0) is 13.4. The Hall–Kier alpha value is -1.43. The first-order chi connectivity index (χ1) is 8.69. The number of anilines is 2. The SMILES string of the molecule is CCNc1nc(NCCCOCC)c(F)cc1F. The lowest BCUT2D eigenvalue weighted by molar-refractivity contribution is 0.147. The zero-order valence-corrected chi connectivity index (χ0v) is 10.7. The third-order valence-electron chi connectivity index (χ3n) is 2.24. The van der Waals surface area contributed by atoms with Crippen molar-refractivity contribution in [2.24, 2.45) is 0 Å². The van der Waals surface area contributed by atoms with E-state index in [1.165, 1.54) is 0 Å². The van der Waals surface area contributed by atoms with E-state index in [1.807, 2.05) is 13.8 Å². The molecule has 0 bridgehead atoms. The van der Waals surface area contributed by atoms with Gasteiger partial charge in [-0.2, -0.15) is 0 Å². The summed E-state index contributed by atoms with van der Waals surface area (Å²) in [6.07, 6.45) is 0.739. The molecule has 1 rings (SSSR count). The van der Waals surface area contributed by atoms with Crippen LogP contribution in [0.5, 0.6) is 0 Å². The minimum Gasteiger partial charge on any atom is -0.382 e. The van der Waals surface area contributed by atoms with Crippen molar-refractivity contribution < 1.29 is 13.5 Å². The van der Waals surface area contributed by atoms with Crippen LogP contribution < -0.4 is 10.6 Å². The number of nitrogens with zero attached hydrogens (tertiary/aromatic N) is 1. The highest BCUT2D eigenvalue weighted by atomic mass is 19.1. The fourth-order valence-corrected chi connectivity index (χ4v) is 1.41. The average molecular weight is 259 g/mol. The summed E-state index contributed by atoms with van der Waals surface area (Å²) in [6, 6.07) is 0.829. The molecule has 0 spiro atoms. The maximum absolute atomic E-state index is 13.4. The lowest BCUT2D eigenvalue weighted by atomic mass is 10.3. The van der Waals surface area contributed by atoms with E-state index in [1.54, 1.807) is 0 Å². The maximum Gasteiger partial charge on any atom is 0.168 e. The number of pyridine rings is 1. The molecule has 0 saturated carbocycles. The minimum atomic E-state index is -0.689. The number of aromatic nitrogens is 1. The van der Waals surface area contributed by atoms with Crippen molar-refractivity contribution in [2.75, 3.05) is 36.9 Å². The van der Waals surface area contributed by atoms with Gasteiger partial charge in [0.1, 0.15) is 0 Å². The number of hydrogen-bond acceptors (Lipinski definition) is 4. The molecule has 0 saturated heterocycles. The molecule has 1 aromatic heterocycles. The summed E-state index contributed by atoms with van der Waals surface area (Å²) in [5.74, 6) is -1.25. The van der Waals surface area contributed by atoms with Gasteiger partial charge in [0.25, 0.3) is 0 Å². The van der Waals surface area contributed by atoms with Gasteiger partial charge in [0, 0.05) is 32.4 Å². The van der Waals surface area contributed by atoms with Crippen LogP contribution in [0.1, 0.15) is 20.3 Å². The van der Waals surface area contributed by atoms with Crippen molar-refractivity contribution in [3.8, 4) is 0 Å². The van der Waals surface area contributed by atoms with E-state index in [-0.39, 0.29) is 11.6 Å². The molecule has 0 aliphatic rings. The average Bonchev–Trinajstić information content (AvgIpc) is 2.34. The molecule has 0 unspecified atom stereocenters. The molecular formula is C12H19F2N3O. The topological polar surface area (TPSA) is 46.2 Å². The molecule has 18 heavy (non-hydrogen) atoms. The fourth-order valence-electron chi connectivity index (χ4n) is 1.41. The van der Waals surface area contributed by atoms with Gasteiger partial charge in [0.05, 0.1) is 0 Å². The van der Waals surface area contributed by atoms with Crippen LogP contribution >= 0.6 is 0 Å². The molecule has 0 radical (unpaired) electrons. The summed E-state index contributed by atoms with van der Waals surface area (Å²) in [6.45, 7) is 6.05. The van der Waals surface area contributed by atoms with Gasteiger partial charge in [-0.15, -0.1) is 0 Å². The van der Waals surface area contributed by atoms with E-state index >= 15 is 0 Å². The Balaban J connectivity index is 2.56. The summed E-state index contributed by atoms with van der Waals surface area (Å²) < 4.78 is 31.9. The van der Waals surface area contributed by atoms with Gasteiger partial charge in [-0.05, 0) is 20.3 Å². The van der Waals surface area contributed by atoms with Crippen LogP contribution in [-0.2, 0) is 4.74 Å². The predicted molar refractivity (Wildman–Crippen MR) is 67.9 cm³/mol. The molecule has 2 N–H and O–H groups in total. The van der Waals surface area contributed by atoms with Crippen LogP contribution in [0.25, 0.3) is 0 Å². The molecule has 6 heteroatoms. The predicted octanol–water partition coefficient (Wildman–Crippen LogP) is 2.63. The summed E-state index contributed by atoms with van der Waals surface area (Å²) in [5, 5.41) is 5.56. The van der Waals surface area contributed by atoms with Crippen LogP contribution in [-0.4, -0.2) is 31.3 Å². The first kappa shape index (κ1) is 14.6. The van der Waals surface area contributed by atoms with Gasteiger partial charge in [-0.25, -0.2) is 13.8 Å². The highest BCUT2D eigenvalue weighted by molar-refractivity contribution is 5.47. The Morgan fingerprint density at radius 3 is 2.44 bits per heavy atom. The van der Waals surface area contributed by atoms with Gasteiger partial charge in [-0.3, -0.25) is 0 Å². The van der Waals surface area contributed by atoms with Gasteiger partial charge in [-0.1, -0.05) is 0 Å². The van der Waals surface area contributed by atoms with Crippen molar-refractivity contribution >= 4 is 11.6 Å². The first-order valence-corrected chi connectivity index (χ1v) is 6.10. The van der Waals surface area contributed by atoms with Gasteiger partial charge in [0.2, 0.25) is 0 Å². The zero-order valence-electron chi connectivity index (χ0n) is 10.7. The van der Waals surface area contributed by atoms with Crippen LogP contribution in [0.2, 0.25) is 0 Å². The van der Waals surface area contributed by atoms with E-state index in [4.69, 9.17) is 4.74 Å². The van der Waals surface area contributed by atoms with Crippen LogP contribution in [0.4, 0.5) is 20.4 Å². The van der Waals surface area contributed by atoms with Gasteiger partial charge in [0.15, 0.2) is 23.3 Å². The molecule has 102 valence electrons. The van der Waals surface area contributed by atoms with Crippen molar-refractivity contribution in [3.63, 3.8) is 0 Å². The summed E-state index contributed by atoms with van der Waals surface area (Å²) >= 11 is 0. The van der Waals surface area contributed by atoms with E-state index in [9.17, 15) is 8.78 Å². The minimum absolute atomic E-state index is 0.0591. The third-order valence-corrected chi connectivity index (χ3v) is 2.24. The van der Waals surface area contributed by atoms with Gasteiger partial charge < -0.3 is 15.4 Å². The number of hydrogen-bond donors (Lipinski definition) is 2. The summed E-state index contributed by atoms with van der Waals surface area (Å²) in [7, 11) is 0. The largest absolute Gasteiger partial charge is 0.382 e. The monoisotopic (exact) mass is 259 g/mol. The third kappa shape index (κ3) is 4.44. The summed E-state index contributed by atoms with van der Waals surface area (Å²) in [4.78, 5) is 3.87. The molecule has 1 aromatic rings. The second-order valence-electron chi connectivity index (χ2n) is 3.66. The number of nitrogens with one attached hydrogen (secondary N) is 2. The lowest BCUT2D eigenvalue weighted by Gasteiger charge is -2.10. The molecule has 0 fully saturated rings. The van der Waals surface area contributed by atoms with Crippen molar-refractivity contribution in [1.82, 2.24) is 4.98 Å². The first-order valence-electron chi connectivity index (χ1n) is 6.10. The summed E-state index contributed by atoms with van der Waals surface area (Å²) in [5.41, 5.74) is 0. The smallest absolute Gasteiger partial charge is 0.168 e. The van der Waals surface area contributed by atoms with Crippen LogP contribution in [0, 0.1) is 11.6 Å². The van der Waals surface area contributed by atoms with Crippen molar-refractivity contribution in [1.29, 1.82) is 0 Å². The molecule has 4 nitrogen and oxygen atoms in total. The van der Waals surface area contributed by atoms with E-state index in [0.717, 1.165) is 12.5 Å². The van der Waals surface area contributed by atoms with E-state index in [2.05, 4.69) is 15.6 Å². The van der Waals surface area contributed by atoms with Crippen molar-refractivity contribution in [3.05, 3.63) is 17.7 Å². The molecule has 0 aromatic carbocycles. The number of ether oxygens (including phenoxy) is 1. The Morgan fingerprint density at radius 2 is 1.83 bits per heavy atom. The molecule has 0 aliphatic heterocycles. The van der Waals surface area contributed by atoms with E-state index in [0.29, 0.717) is 26.3 Å².